The van der Waals surface area contributed by atoms with Crippen LogP contribution in [0.5, 0.6) is 5.75 Å². The first-order valence-corrected chi connectivity index (χ1v) is 6.68. The molecule has 0 radical (unpaired) electrons. The molecule has 1 aromatic carbocycles. The van der Waals surface area contributed by atoms with Gasteiger partial charge in [0.1, 0.15) is 5.75 Å². The highest BCUT2D eigenvalue weighted by molar-refractivity contribution is 7.13. The molecule has 1 aromatic heterocycles. The van der Waals surface area contributed by atoms with Crippen LogP contribution in [0.1, 0.15) is 18.9 Å². The van der Waals surface area contributed by atoms with Crippen LogP contribution in [0.25, 0.3) is 0 Å². The first kappa shape index (κ1) is 12.6. The van der Waals surface area contributed by atoms with Crippen molar-refractivity contribution in [2.75, 3.05) is 12.0 Å². The van der Waals surface area contributed by atoms with Crippen molar-refractivity contribution in [3.63, 3.8) is 0 Å². The second-order valence-electron chi connectivity index (χ2n) is 3.63. The molecule has 4 nitrogen and oxygen atoms in total. The zero-order chi connectivity index (χ0) is 12.6. The Kier molecular flexibility index (Phi) is 4.72. The van der Waals surface area contributed by atoms with Crippen molar-refractivity contribution in [2.45, 2.75) is 13.3 Å². The fourth-order valence-electron chi connectivity index (χ4n) is 1.35. The van der Waals surface area contributed by atoms with E-state index >= 15 is 0 Å². The first-order valence-electron chi connectivity index (χ1n) is 5.80. The van der Waals surface area contributed by atoms with E-state index < -0.39 is 0 Å². The molecule has 0 saturated carbocycles. The van der Waals surface area contributed by atoms with E-state index in [1.807, 2.05) is 29.6 Å². The molecule has 2 rings (SSSR count). The minimum absolute atomic E-state index is 0.734. The summed E-state index contributed by atoms with van der Waals surface area (Å²) < 4.78 is 5.56. The SMILES string of the molecule is CCCOc1cccc(/C=N\Nc2nccs2)c1. The number of anilines is 1. The predicted molar refractivity (Wildman–Crippen MR) is 75.6 cm³/mol. The number of rotatable bonds is 6. The standard InChI is InChI=1S/C13H15N3OS/c1-2-7-17-12-5-3-4-11(9-12)10-15-16-13-14-6-8-18-13/h3-6,8-10H,2,7H2,1H3,(H,14,16)/b15-10-. The van der Waals surface area contributed by atoms with Gasteiger partial charge in [-0.1, -0.05) is 19.1 Å². The number of hydrogen-bond acceptors (Lipinski definition) is 5. The molecule has 0 spiro atoms. The number of benzene rings is 1. The molecular formula is C13H15N3OS. The topological polar surface area (TPSA) is 46.5 Å². The normalized spacial score (nSPS) is 10.7. The van der Waals surface area contributed by atoms with Crippen molar-refractivity contribution >= 4 is 22.7 Å². The quantitative estimate of drug-likeness (QED) is 0.640. The molecule has 1 N–H and O–H groups in total. The molecule has 0 saturated heterocycles. The van der Waals surface area contributed by atoms with Gasteiger partial charge < -0.3 is 4.74 Å². The van der Waals surface area contributed by atoms with Crippen LogP contribution in [-0.4, -0.2) is 17.8 Å². The fourth-order valence-corrected chi connectivity index (χ4v) is 1.82. The highest BCUT2D eigenvalue weighted by atomic mass is 32.1. The maximum atomic E-state index is 5.56. The predicted octanol–water partition coefficient (Wildman–Crippen LogP) is 3.38. The maximum absolute atomic E-state index is 5.56. The van der Waals surface area contributed by atoms with Gasteiger partial charge in [0.05, 0.1) is 12.8 Å². The molecule has 0 atom stereocenters. The van der Waals surface area contributed by atoms with Crippen LogP contribution in [0.2, 0.25) is 0 Å². The lowest BCUT2D eigenvalue weighted by Crippen LogP contribution is -1.96. The largest absolute Gasteiger partial charge is 0.494 e. The Hall–Kier alpha value is -1.88. The van der Waals surface area contributed by atoms with Crippen LogP contribution in [-0.2, 0) is 0 Å². The third-order valence-corrected chi connectivity index (χ3v) is 2.81. The Morgan fingerprint density at radius 3 is 3.22 bits per heavy atom. The van der Waals surface area contributed by atoms with Gasteiger partial charge in [0, 0.05) is 11.6 Å². The molecule has 1 heterocycles. The summed E-state index contributed by atoms with van der Waals surface area (Å²) in [6.07, 6.45) is 4.49. The lowest BCUT2D eigenvalue weighted by atomic mass is 10.2. The third kappa shape index (κ3) is 3.85. The van der Waals surface area contributed by atoms with Crippen LogP contribution in [0.3, 0.4) is 0 Å². The number of hydrogen-bond donors (Lipinski definition) is 1. The highest BCUT2D eigenvalue weighted by Gasteiger charge is 1.94. The van der Waals surface area contributed by atoms with E-state index in [9.17, 15) is 0 Å². The zero-order valence-electron chi connectivity index (χ0n) is 10.2. The zero-order valence-corrected chi connectivity index (χ0v) is 11.0. The second-order valence-corrected chi connectivity index (χ2v) is 4.52. The van der Waals surface area contributed by atoms with Gasteiger partial charge in [0.2, 0.25) is 5.13 Å². The van der Waals surface area contributed by atoms with Crippen LogP contribution < -0.4 is 10.2 Å². The van der Waals surface area contributed by atoms with E-state index in [1.165, 1.54) is 11.3 Å². The summed E-state index contributed by atoms with van der Waals surface area (Å²) >= 11 is 1.51. The van der Waals surface area contributed by atoms with Crippen LogP contribution in [0.15, 0.2) is 40.9 Å². The van der Waals surface area contributed by atoms with Gasteiger partial charge in [-0.15, -0.1) is 11.3 Å². The van der Waals surface area contributed by atoms with Gasteiger partial charge >= 0.3 is 0 Å². The Balaban J connectivity index is 1.94. The highest BCUT2D eigenvalue weighted by Crippen LogP contribution is 2.13. The molecular weight excluding hydrogens is 246 g/mol. The van der Waals surface area contributed by atoms with E-state index in [0.29, 0.717) is 0 Å². The Morgan fingerprint density at radius 1 is 1.50 bits per heavy atom. The monoisotopic (exact) mass is 261 g/mol. The molecule has 0 amide bonds. The van der Waals surface area contributed by atoms with Crippen molar-refractivity contribution in [1.29, 1.82) is 0 Å². The summed E-state index contributed by atoms with van der Waals surface area (Å²) in [5, 5.41) is 6.80. The van der Waals surface area contributed by atoms with Crippen molar-refractivity contribution in [2.24, 2.45) is 5.10 Å². The number of hydrazone groups is 1. The van der Waals surface area contributed by atoms with Crippen molar-refractivity contribution in [3.8, 4) is 5.75 Å². The van der Waals surface area contributed by atoms with E-state index in [4.69, 9.17) is 4.74 Å². The van der Waals surface area contributed by atoms with Gasteiger partial charge in [-0.3, -0.25) is 5.43 Å². The average molecular weight is 261 g/mol. The van der Waals surface area contributed by atoms with Gasteiger partial charge in [-0.25, -0.2) is 4.98 Å². The van der Waals surface area contributed by atoms with Crippen LogP contribution >= 0.6 is 11.3 Å². The van der Waals surface area contributed by atoms with E-state index in [2.05, 4.69) is 22.4 Å². The smallest absolute Gasteiger partial charge is 0.203 e. The Bertz CT molecular complexity index is 497. The molecule has 0 aliphatic heterocycles. The number of nitrogens with one attached hydrogen (secondary N) is 1. The molecule has 0 unspecified atom stereocenters. The van der Waals surface area contributed by atoms with E-state index in [0.717, 1.165) is 29.5 Å². The molecule has 5 heteroatoms. The molecule has 2 aromatic rings. The minimum atomic E-state index is 0.734. The summed E-state index contributed by atoms with van der Waals surface area (Å²) in [6, 6.07) is 7.84. The molecule has 94 valence electrons. The second kappa shape index (κ2) is 6.76. The number of aromatic nitrogens is 1. The van der Waals surface area contributed by atoms with Crippen LogP contribution in [0.4, 0.5) is 5.13 Å². The van der Waals surface area contributed by atoms with Crippen molar-refractivity contribution in [3.05, 3.63) is 41.4 Å². The summed E-state index contributed by atoms with van der Waals surface area (Å²) in [6.45, 7) is 2.82. The van der Waals surface area contributed by atoms with Crippen molar-refractivity contribution in [1.82, 2.24) is 4.98 Å². The summed E-state index contributed by atoms with van der Waals surface area (Å²) in [5.41, 5.74) is 3.86. The number of ether oxygens (including phenoxy) is 1. The van der Waals surface area contributed by atoms with E-state index in [1.54, 1.807) is 12.4 Å². The summed E-state index contributed by atoms with van der Waals surface area (Å²) in [4.78, 5) is 4.07. The lowest BCUT2D eigenvalue weighted by molar-refractivity contribution is 0.317. The number of nitrogens with zero attached hydrogens (tertiary/aromatic N) is 2. The molecule has 0 aliphatic rings. The molecule has 0 aliphatic carbocycles. The van der Waals surface area contributed by atoms with E-state index in [-0.39, 0.29) is 0 Å². The molecule has 0 bridgehead atoms. The molecule has 18 heavy (non-hydrogen) atoms. The average Bonchev–Trinajstić information content (AvgIpc) is 2.90. The van der Waals surface area contributed by atoms with Crippen LogP contribution in [0, 0.1) is 0 Å². The number of thiazole rings is 1. The minimum Gasteiger partial charge on any atom is -0.494 e. The lowest BCUT2D eigenvalue weighted by Gasteiger charge is -2.04. The third-order valence-electron chi connectivity index (χ3n) is 2.14. The van der Waals surface area contributed by atoms with Gasteiger partial charge in [0.15, 0.2) is 0 Å². The first-order chi connectivity index (χ1) is 8.88. The Labute approximate surface area is 110 Å². The van der Waals surface area contributed by atoms with Gasteiger partial charge in [-0.05, 0) is 24.1 Å². The van der Waals surface area contributed by atoms with Gasteiger partial charge in [-0.2, -0.15) is 5.10 Å². The fraction of sp³-hybridized carbons (Fsp3) is 0.231. The Morgan fingerprint density at radius 2 is 2.44 bits per heavy atom. The molecule has 0 fully saturated rings. The van der Waals surface area contributed by atoms with Gasteiger partial charge in [0.25, 0.3) is 0 Å². The van der Waals surface area contributed by atoms with Crippen molar-refractivity contribution < 1.29 is 4.74 Å². The summed E-state index contributed by atoms with van der Waals surface area (Å²) in [7, 11) is 0. The maximum Gasteiger partial charge on any atom is 0.203 e. The summed E-state index contributed by atoms with van der Waals surface area (Å²) in [5.74, 6) is 0.870.